The molecule has 3 rings (SSSR count). The molecule has 1 aliphatic heterocycles. The zero-order chi connectivity index (χ0) is 15.5. The van der Waals surface area contributed by atoms with Crippen LogP contribution in [0, 0.1) is 0 Å². The van der Waals surface area contributed by atoms with E-state index < -0.39 is 0 Å². The lowest BCUT2D eigenvalue weighted by Crippen LogP contribution is -2.49. The van der Waals surface area contributed by atoms with Crippen LogP contribution in [-0.2, 0) is 0 Å². The van der Waals surface area contributed by atoms with Crippen molar-refractivity contribution < 1.29 is 4.79 Å². The quantitative estimate of drug-likeness (QED) is 0.816. The summed E-state index contributed by atoms with van der Waals surface area (Å²) in [5, 5.41) is 4.49. The molecular formula is C16H17Cl4N3O. The zero-order valence-corrected chi connectivity index (χ0v) is 15.8. The Morgan fingerprint density at radius 3 is 2.58 bits per heavy atom. The highest BCUT2D eigenvalue weighted by molar-refractivity contribution is 6.31. The van der Waals surface area contributed by atoms with Crippen molar-refractivity contribution in [2.75, 3.05) is 19.6 Å². The first-order valence-electron chi connectivity index (χ1n) is 7.04. The summed E-state index contributed by atoms with van der Waals surface area (Å²) in [5.74, 6) is -0.108. The van der Waals surface area contributed by atoms with E-state index >= 15 is 0 Å². The minimum absolute atomic E-state index is 0. The Morgan fingerprint density at radius 1 is 1.17 bits per heavy atom. The summed E-state index contributed by atoms with van der Waals surface area (Å²) in [7, 11) is 0. The van der Waals surface area contributed by atoms with Crippen molar-refractivity contribution >= 4 is 53.9 Å². The molecule has 1 amide bonds. The molecule has 1 aliphatic rings. The lowest BCUT2D eigenvalue weighted by Gasteiger charge is -2.36. The minimum atomic E-state index is -0.108. The molecule has 1 saturated heterocycles. The summed E-state index contributed by atoms with van der Waals surface area (Å²) in [4.78, 5) is 18.7. The molecule has 0 saturated carbocycles. The second kappa shape index (κ2) is 9.44. The van der Waals surface area contributed by atoms with Crippen molar-refractivity contribution in [2.45, 2.75) is 6.04 Å². The first-order valence-corrected chi connectivity index (χ1v) is 7.80. The summed E-state index contributed by atoms with van der Waals surface area (Å²) < 4.78 is 0. The van der Waals surface area contributed by atoms with Gasteiger partial charge in [0.05, 0.1) is 11.1 Å². The molecule has 1 atom stereocenters. The van der Waals surface area contributed by atoms with Crippen LogP contribution in [0.15, 0.2) is 42.6 Å². The van der Waals surface area contributed by atoms with E-state index in [0.717, 1.165) is 12.1 Å². The number of aromatic nitrogens is 1. The highest BCUT2D eigenvalue weighted by Gasteiger charge is 2.30. The van der Waals surface area contributed by atoms with Gasteiger partial charge in [-0.25, -0.2) is 4.98 Å². The fourth-order valence-corrected chi connectivity index (χ4v) is 2.99. The van der Waals surface area contributed by atoms with Crippen molar-refractivity contribution in [3.05, 3.63) is 63.9 Å². The molecule has 2 aromatic rings. The third kappa shape index (κ3) is 4.52. The minimum Gasteiger partial charge on any atom is -0.328 e. The Balaban J connectivity index is 0.00000144. The molecule has 1 fully saturated rings. The van der Waals surface area contributed by atoms with Crippen LogP contribution in [0.25, 0.3) is 0 Å². The van der Waals surface area contributed by atoms with Gasteiger partial charge in [0.2, 0.25) is 0 Å². The van der Waals surface area contributed by atoms with Crippen molar-refractivity contribution in [3.63, 3.8) is 0 Å². The third-order valence-corrected chi connectivity index (χ3v) is 4.28. The number of hydrogen-bond acceptors (Lipinski definition) is 3. The number of halogens is 4. The SMILES string of the molecule is Cl.Cl.O=C(c1ccc(Cl)cn1)N1CCNCC1c1ccccc1Cl. The number of carbonyl (C=O) groups is 1. The van der Waals surface area contributed by atoms with Gasteiger partial charge >= 0.3 is 0 Å². The van der Waals surface area contributed by atoms with E-state index in [2.05, 4.69) is 10.3 Å². The van der Waals surface area contributed by atoms with Gasteiger partial charge < -0.3 is 10.2 Å². The summed E-state index contributed by atoms with van der Waals surface area (Å²) >= 11 is 12.1. The number of piperazine rings is 1. The van der Waals surface area contributed by atoms with Gasteiger partial charge in [0, 0.05) is 30.9 Å². The zero-order valence-electron chi connectivity index (χ0n) is 12.6. The van der Waals surface area contributed by atoms with Gasteiger partial charge in [-0.05, 0) is 23.8 Å². The molecule has 0 radical (unpaired) electrons. The van der Waals surface area contributed by atoms with Gasteiger partial charge in [-0.15, -0.1) is 24.8 Å². The number of carbonyl (C=O) groups excluding carboxylic acids is 1. The molecule has 1 unspecified atom stereocenters. The van der Waals surface area contributed by atoms with Crippen molar-refractivity contribution in [1.82, 2.24) is 15.2 Å². The van der Waals surface area contributed by atoms with E-state index in [1.54, 1.807) is 12.1 Å². The average molecular weight is 409 g/mol. The van der Waals surface area contributed by atoms with Crippen LogP contribution in [0.4, 0.5) is 0 Å². The smallest absolute Gasteiger partial charge is 0.273 e. The van der Waals surface area contributed by atoms with E-state index in [0.29, 0.717) is 28.8 Å². The van der Waals surface area contributed by atoms with Crippen LogP contribution in [0.2, 0.25) is 10.0 Å². The fraction of sp³-hybridized carbons (Fsp3) is 0.250. The van der Waals surface area contributed by atoms with Gasteiger partial charge in [-0.2, -0.15) is 0 Å². The van der Waals surface area contributed by atoms with Crippen molar-refractivity contribution in [3.8, 4) is 0 Å². The summed E-state index contributed by atoms with van der Waals surface area (Å²) in [6, 6.07) is 10.8. The van der Waals surface area contributed by atoms with Gasteiger partial charge in [0.25, 0.3) is 5.91 Å². The number of benzene rings is 1. The summed E-state index contributed by atoms with van der Waals surface area (Å²) in [6.45, 7) is 2.03. The Morgan fingerprint density at radius 2 is 1.92 bits per heavy atom. The summed E-state index contributed by atoms with van der Waals surface area (Å²) in [6.07, 6.45) is 1.49. The van der Waals surface area contributed by atoms with Crippen LogP contribution < -0.4 is 5.32 Å². The molecule has 1 aromatic carbocycles. The molecule has 0 aliphatic carbocycles. The summed E-state index contributed by atoms with van der Waals surface area (Å²) in [5.41, 5.74) is 1.34. The van der Waals surface area contributed by atoms with Crippen LogP contribution in [0.5, 0.6) is 0 Å². The maximum Gasteiger partial charge on any atom is 0.273 e. The molecule has 1 aromatic heterocycles. The highest BCUT2D eigenvalue weighted by atomic mass is 35.5. The lowest BCUT2D eigenvalue weighted by molar-refractivity contribution is 0.0628. The molecule has 0 bridgehead atoms. The van der Waals surface area contributed by atoms with E-state index in [1.165, 1.54) is 6.20 Å². The van der Waals surface area contributed by atoms with Crippen LogP contribution >= 0.6 is 48.0 Å². The maximum absolute atomic E-state index is 12.8. The van der Waals surface area contributed by atoms with E-state index in [-0.39, 0.29) is 36.8 Å². The molecule has 8 heteroatoms. The predicted molar refractivity (Wildman–Crippen MR) is 102 cm³/mol. The van der Waals surface area contributed by atoms with E-state index in [9.17, 15) is 4.79 Å². The largest absolute Gasteiger partial charge is 0.328 e. The van der Waals surface area contributed by atoms with Crippen LogP contribution in [0.1, 0.15) is 22.1 Å². The molecule has 2 heterocycles. The molecule has 1 N–H and O–H groups in total. The van der Waals surface area contributed by atoms with E-state index in [4.69, 9.17) is 23.2 Å². The van der Waals surface area contributed by atoms with Crippen LogP contribution in [-0.4, -0.2) is 35.4 Å². The van der Waals surface area contributed by atoms with Crippen molar-refractivity contribution in [2.24, 2.45) is 0 Å². The number of nitrogens with zero attached hydrogens (tertiary/aromatic N) is 2. The molecular weight excluding hydrogens is 392 g/mol. The number of pyridine rings is 1. The van der Waals surface area contributed by atoms with Crippen molar-refractivity contribution in [1.29, 1.82) is 0 Å². The molecule has 24 heavy (non-hydrogen) atoms. The number of nitrogens with one attached hydrogen (secondary N) is 1. The second-order valence-corrected chi connectivity index (χ2v) is 5.95. The molecule has 4 nitrogen and oxygen atoms in total. The first kappa shape index (κ1) is 21.0. The third-order valence-electron chi connectivity index (χ3n) is 3.71. The number of hydrogen-bond donors (Lipinski definition) is 1. The normalized spacial score (nSPS) is 16.8. The van der Waals surface area contributed by atoms with Gasteiger partial charge in [0.1, 0.15) is 5.69 Å². The Kier molecular flexibility index (Phi) is 8.27. The Bertz CT molecular complexity index is 681. The number of amides is 1. The van der Waals surface area contributed by atoms with E-state index in [1.807, 2.05) is 29.2 Å². The van der Waals surface area contributed by atoms with Gasteiger partial charge in [-0.1, -0.05) is 41.4 Å². The highest BCUT2D eigenvalue weighted by Crippen LogP contribution is 2.29. The van der Waals surface area contributed by atoms with Gasteiger partial charge in [0.15, 0.2) is 0 Å². The molecule has 130 valence electrons. The lowest BCUT2D eigenvalue weighted by atomic mass is 10.0. The monoisotopic (exact) mass is 407 g/mol. The second-order valence-electron chi connectivity index (χ2n) is 5.10. The van der Waals surface area contributed by atoms with Gasteiger partial charge in [-0.3, -0.25) is 4.79 Å². The van der Waals surface area contributed by atoms with Crippen LogP contribution in [0.3, 0.4) is 0 Å². The predicted octanol–water partition coefficient (Wildman–Crippen LogP) is 4.02. The first-order chi connectivity index (χ1) is 10.7. The number of rotatable bonds is 2. The topological polar surface area (TPSA) is 45.2 Å². The average Bonchev–Trinajstić information content (AvgIpc) is 2.55. The standard InChI is InChI=1S/C16H15Cl2N3O.2ClH/c17-11-5-6-14(20-9-11)16(22)21-8-7-19-10-15(21)12-3-1-2-4-13(12)18;;/h1-6,9,15,19H,7-8,10H2;2*1H. The Labute approximate surface area is 163 Å². The fourth-order valence-electron chi connectivity index (χ4n) is 2.62. The molecule has 0 spiro atoms. The maximum atomic E-state index is 12.8. The Hall–Kier alpha value is -1.04.